The molecule has 2 aromatic carbocycles. The van der Waals surface area contributed by atoms with Crippen LogP contribution >= 0.6 is 0 Å². The first-order chi connectivity index (χ1) is 15.6. The van der Waals surface area contributed by atoms with Crippen molar-refractivity contribution >= 4 is 17.6 Å². The van der Waals surface area contributed by atoms with Crippen LogP contribution in [0, 0.1) is 6.92 Å². The average molecular weight is 429 g/mol. The first kappa shape index (κ1) is 21.0. The van der Waals surface area contributed by atoms with Crippen LogP contribution in [0.2, 0.25) is 0 Å². The highest BCUT2D eigenvalue weighted by Crippen LogP contribution is 2.19. The molecule has 4 rings (SSSR count). The van der Waals surface area contributed by atoms with E-state index in [1.807, 2.05) is 36.5 Å². The molecule has 1 amide bonds. The molecule has 0 saturated heterocycles. The maximum Gasteiger partial charge on any atom is 0.341 e. The molecule has 0 aliphatic heterocycles. The topological polar surface area (TPSA) is 91.0 Å². The molecule has 0 unspecified atom stereocenters. The van der Waals surface area contributed by atoms with Gasteiger partial charge in [0.05, 0.1) is 30.7 Å². The number of amides is 1. The van der Waals surface area contributed by atoms with Gasteiger partial charge in [-0.15, -0.1) is 0 Å². The first-order valence-electron chi connectivity index (χ1n) is 10.3. The first-order valence-corrected chi connectivity index (χ1v) is 10.3. The van der Waals surface area contributed by atoms with Crippen molar-refractivity contribution in [2.75, 3.05) is 11.9 Å². The number of benzene rings is 2. The van der Waals surface area contributed by atoms with Crippen LogP contribution in [-0.2, 0) is 11.3 Å². The number of carbonyl (C=O) groups excluding carboxylic acids is 2. The van der Waals surface area contributed by atoms with E-state index in [4.69, 9.17) is 4.74 Å². The lowest BCUT2D eigenvalue weighted by Crippen LogP contribution is -2.14. The predicted octanol–water partition coefficient (Wildman–Crippen LogP) is 3.85. The predicted molar refractivity (Wildman–Crippen MR) is 120 cm³/mol. The van der Waals surface area contributed by atoms with E-state index >= 15 is 0 Å². The largest absolute Gasteiger partial charge is 0.462 e. The Hall–Kier alpha value is -4.20. The van der Waals surface area contributed by atoms with Gasteiger partial charge in [0.25, 0.3) is 5.91 Å². The summed E-state index contributed by atoms with van der Waals surface area (Å²) in [5.74, 6) is -0.616. The average Bonchev–Trinajstić information content (AvgIpc) is 3.45. The number of hydrogen-bond donors (Lipinski definition) is 1. The van der Waals surface area contributed by atoms with Crippen molar-refractivity contribution in [3.8, 4) is 5.69 Å². The summed E-state index contributed by atoms with van der Waals surface area (Å²) in [5, 5.41) is 11.5. The van der Waals surface area contributed by atoms with Gasteiger partial charge < -0.3 is 10.1 Å². The van der Waals surface area contributed by atoms with Crippen molar-refractivity contribution < 1.29 is 14.3 Å². The van der Waals surface area contributed by atoms with E-state index in [9.17, 15) is 9.59 Å². The second-order valence-electron chi connectivity index (χ2n) is 7.14. The van der Waals surface area contributed by atoms with Crippen LogP contribution in [0.3, 0.4) is 0 Å². The van der Waals surface area contributed by atoms with Crippen molar-refractivity contribution in [3.05, 3.63) is 95.6 Å². The van der Waals surface area contributed by atoms with E-state index in [1.165, 1.54) is 6.20 Å². The number of carbonyl (C=O) groups is 2. The van der Waals surface area contributed by atoms with Crippen molar-refractivity contribution in [1.82, 2.24) is 19.6 Å². The number of nitrogens with zero attached hydrogens (tertiary/aromatic N) is 4. The minimum atomic E-state index is -0.402. The van der Waals surface area contributed by atoms with E-state index < -0.39 is 5.97 Å². The van der Waals surface area contributed by atoms with Crippen molar-refractivity contribution in [2.24, 2.45) is 0 Å². The van der Waals surface area contributed by atoms with Crippen molar-refractivity contribution in [1.29, 1.82) is 0 Å². The monoisotopic (exact) mass is 429 g/mol. The number of ether oxygens (including phenoxy) is 1. The molecule has 2 heterocycles. The molecule has 0 fully saturated rings. The molecular formula is C24H23N5O3. The third-order valence-electron chi connectivity index (χ3n) is 5.04. The maximum atomic E-state index is 12.8. The number of rotatable bonds is 7. The molecule has 32 heavy (non-hydrogen) atoms. The molecule has 0 aliphatic rings. The van der Waals surface area contributed by atoms with E-state index in [2.05, 4.69) is 15.5 Å². The second kappa shape index (κ2) is 9.30. The normalized spacial score (nSPS) is 10.7. The van der Waals surface area contributed by atoms with Gasteiger partial charge in [-0.25, -0.2) is 9.48 Å². The molecule has 2 aromatic heterocycles. The summed E-state index contributed by atoms with van der Waals surface area (Å²) in [6, 6.07) is 16.5. The Morgan fingerprint density at radius 3 is 2.53 bits per heavy atom. The standard InChI is InChI=1S/C24H23N5O3/c1-3-32-24(31)21-15-26-29(17(21)2)20-11-9-18(10-12-20)23(30)27-22-8-5-4-7-19(22)16-28-14-6-13-25-28/h4-15H,3,16H2,1-2H3,(H,27,30). The number of nitrogens with one attached hydrogen (secondary N) is 1. The highest BCUT2D eigenvalue weighted by molar-refractivity contribution is 6.04. The molecule has 0 spiro atoms. The summed E-state index contributed by atoms with van der Waals surface area (Å²) >= 11 is 0. The Bertz CT molecular complexity index is 1230. The molecule has 8 heteroatoms. The number of esters is 1. The SMILES string of the molecule is CCOC(=O)c1cnn(-c2ccc(C(=O)Nc3ccccc3Cn3cccn3)cc2)c1C. The van der Waals surface area contributed by atoms with Gasteiger partial charge in [0.2, 0.25) is 0 Å². The number of aromatic nitrogens is 4. The maximum absolute atomic E-state index is 12.8. The summed E-state index contributed by atoms with van der Waals surface area (Å²) in [5.41, 5.74) is 4.04. The van der Waals surface area contributed by atoms with Gasteiger partial charge in [0.15, 0.2) is 0 Å². The molecule has 4 aromatic rings. The zero-order chi connectivity index (χ0) is 22.5. The Morgan fingerprint density at radius 2 is 1.81 bits per heavy atom. The fourth-order valence-corrected chi connectivity index (χ4v) is 3.38. The van der Waals surface area contributed by atoms with Crippen molar-refractivity contribution in [3.63, 3.8) is 0 Å². The van der Waals surface area contributed by atoms with E-state index in [0.717, 1.165) is 16.9 Å². The minimum Gasteiger partial charge on any atom is -0.462 e. The molecule has 162 valence electrons. The Kier molecular flexibility index (Phi) is 6.12. The molecule has 0 bridgehead atoms. The van der Waals surface area contributed by atoms with Crippen LogP contribution in [0.25, 0.3) is 5.69 Å². The van der Waals surface area contributed by atoms with Crippen molar-refractivity contribution in [2.45, 2.75) is 20.4 Å². The Balaban J connectivity index is 1.50. The Morgan fingerprint density at radius 1 is 1.03 bits per heavy atom. The lowest BCUT2D eigenvalue weighted by Gasteiger charge is -2.12. The highest BCUT2D eigenvalue weighted by atomic mass is 16.5. The lowest BCUT2D eigenvalue weighted by atomic mass is 10.1. The minimum absolute atomic E-state index is 0.214. The molecule has 1 N–H and O–H groups in total. The summed E-state index contributed by atoms with van der Waals surface area (Å²) in [7, 11) is 0. The lowest BCUT2D eigenvalue weighted by molar-refractivity contribution is 0.0525. The molecular weight excluding hydrogens is 406 g/mol. The second-order valence-corrected chi connectivity index (χ2v) is 7.14. The highest BCUT2D eigenvalue weighted by Gasteiger charge is 2.16. The van der Waals surface area contributed by atoms with Gasteiger partial charge in [-0.05, 0) is 55.8 Å². The third-order valence-corrected chi connectivity index (χ3v) is 5.04. The molecule has 0 saturated carbocycles. The van der Waals surface area contributed by atoms with Gasteiger partial charge in [-0.3, -0.25) is 9.48 Å². The van der Waals surface area contributed by atoms with Gasteiger partial charge in [0, 0.05) is 23.6 Å². The van der Waals surface area contributed by atoms with Crippen LogP contribution in [0.5, 0.6) is 0 Å². The van der Waals surface area contributed by atoms with E-state index in [-0.39, 0.29) is 5.91 Å². The van der Waals surface area contributed by atoms with Gasteiger partial charge >= 0.3 is 5.97 Å². The number of para-hydroxylation sites is 1. The Labute approximate surface area is 185 Å². The summed E-state index contributed by atoms with van der Waals surface area (Å²) in [6.45, 7) is 4.43. The fraction of sp³-hybridized carbons (Fsp3) is 0.167. The van der Waals surface area contributed by atoms with Crippen LogP contribution in [0.15, 0.2) is 73.2 Å². The molecule has 8 nitrogen and oxygen atoms in total. The molecule has 0 aliphatic carbocycles. The number of anilines is 1. The smallest absolute Gasteiger partial charge is 0.341 e. The van der Waals surface area contributed by atoms with Crippen LogP contribution in [-0.4, -0.2) is 38.0 Å². The summed E-state index contributed by atoms with van der Waals surface area (Å²) in [4.78, 5) is 24.9. The molecule has 0 radical (unpaired) electrons. The fourth-order valence-electron chi connectivity index (χ4n) is 3.38. The molecule has 0 atom stereocenters. The number of hydrogen-bond acceptors (Lipinski definition) is 5. The van der Waals surface area contributed by atoms with Crippen LogP contribution < -0.4 is 5.32 Å². The van der Waals surface area contributed by atoms with Gasteiger partial charge in [-0.2, -0.15) is 10.2 Å². The zero-order valence-electron chi connectivity index (χ0n) is 17.9. The van der Waals surface area contributed by atoms with Crippen LogP contribution in [0.1, 0.15) is 38.9 Å². The summed E-state index contributed by atoms with van der Waals surface area (Å²) in [6.07, 6.45) is 5.09. The van der Waals surface area contributed by atoms with E-state index in [0.29, 0.717) is 30.0 Å². The summed E-state index contributed by atoms with van der Waals surface area (Å²) < 4.78 is 8.51. The van der Waals surface area contributed by atoms with Gasteiger partial charge in [-0.1, -0.05) is 18.2 Å². The third kappa shape index (κ3) is 4.44. The van der Waals surface area contributed by atoms with E-state index in [1.54, 1.807) is 53.7 Å². The quantitative estimate of drug-likeness (QED) is 0.451. The zero-order valence-corrected chi connectivity index (χ0v) is 17.9. The van der Waals surface area contributed by atoms with Crippen LogP contribution in [0.4, 0.5) is 5.69 Å². The van der Waals surface area contributed by atoms with Gasteiger partial charge in [0.1, 0.15) is 5.56 Å².